The van der Waals surface area contributed by atoms with E-state index >= 15 is 0 Å². The molecule has 1 aliphatic carbocycles. The van der Waals surface area contributed by atoms with Gasteiger partial charge in [0.15, 0.2) is 0 Å². The third kappa shape index (κ3) is 5.07. The number of hydrogen-bond acceptors (Lipinski definition) is 3. The van der Waals surface area contributed by atoms with E-state index in [0.717, 1.165) is 12.8 Å². The number of likely N-dealkylation sites (N-methyl/N-ethyl adjacent to an activating group) is 1. The van der Waals surface area contributed by atoms with E-state index in [0.29, 0.717) is 25.5 Å². The van der Waals surface area contributed by atoms with E-state index in [1.165, 1.54) is 19.3 Å². The largest absolute Gasteiger partial charge is 0.465 e. The monoisotopic (exact) mass is 255 g/mol. The predicted octanol–water partition coefficient (Wildman–Crippen LogP) is 2.37. The second kappa shape index (κ2) is 8.11. The summed E-state index contributed by atoms with van der Waals surface area (Å²) in [4.78, 5) is 25.1. The SMILES string of the molecule is CCOC(=O)CN(CC)C(=O)CC1CCCCC1. The van der Waals surface area contributed by atoms with Crippen molar-refractivity contribution in [2.75, 3.05) is 19.7 Å². The summed E-state index contributed by atoms with van der Waals surface area (Å²) in [6.45, 7) is 4.71. The van der Waals surface area contributed by atoms with Crippen molar-refractivity contribution in [1.82, 2.24) is 4.90 Å². The van der Waals surface area contributed by atoms with Crippen molar-refractivity contribution in [1.29, 1.82) is 0 Å². The third-order valence-electron chi connectivity index (χ3n) is 3.55. The fourth-order valence-corrected chi connectivity index (χ4v) is 2.51. The molecule has 0 heterocycles. The molecular weight excluding hydrogens is 230 g/mol. The summed E-state index contributed by atoms with van der Waals surface area (Å²) < 4.78 is 4.88. The molecule has 0 atom stereocenters. The normalized spacial score (nSPS) is 16.3. The van der Waals surface area contributed by atoms with Gasteiger partial charge in [0.05, 0.1) is 6.61 Å². The number of amides is 1. The molecule has 0 spiro atoms. The van der Waals surface area contributed by atoms with Gasteiger partial charge in [-0.05, 0) is 32.6 Å². The fraction of sp³-hybridized carbons (Fsp3) is 0.857. The maximum atomic E-state index is 12.1. The van der Waals surface area contributed by atoms with Crippen molar-refractivity contribution in [3.63, 3.8) is 0 Å². The maximum absolute atomic E-state index is 12.1. The zero-order chi connectivity index (χ0) is 13.4. The number of carbonyl (C=O) groups is 2. The molecule has 104 valence electrons. The van der Waals surface area contributed by atoms with Crippen LogP contribution in [0.25, 0.3) is 0 Å². The first kappa shape index (κ1) is 15.0. The van der Waals surface area contributed by atoms with Gasteiger partial charge in [-0.25, -0.2) is 0 Å². The molecule has 0 N–H and O–H groups in total. The lowest BCUT2D eigenvalue weighted by atomic mass is 9.86. The summed E-state index contributed by atoms with van der Waals surface area (Å²) >= 11 is 0. The fourth-order valence-electron chi connectivity index (χ4n) is 2.51. The Morgan fingerprint density at radius 3 is 2.39 bits per heavy atom. The molecule has 1 saturated carbocycles. The van der Waals surface area contributed by atoms with Crippen LogP contribution < -0.4 is 0 Å². The van der Waals surface area contributed by atoms with Crippen molar-refractivity contribution < 1.29 is 14.3 Å². The van der Waals surface area contributed by atoms with Crippen LogP contribution in [0.5, 0.6) is 0 Å². The Morgan fingerprint density at radius 2 is 1.83 bits per heavy atom. The zero-order valence-corrected chi connectivity index (χ0v) is 11.6. The van der Waals surface area contributed by atoms with Gasteiger partial charge >= 0.3 is 5.97 Å². The van der Waals surface area contributed by atoms with Crippen LogP contribution in [0.1, 0.15) is 52.4 Å². The van der Waals surface area contributed by atoms with Gasteiger partial charge in [-0.2, -0.15) is 0 Å². The molecule has 1 rings (SSSR count). The van der Waals surface area contributed by atoms with Gasteiger partial charge < -0.3 is 9.64 Å². The number of hydrogen-bond donors (Lipinski definition) is 0. The molecule has 18 heavy (non-hydrogen) atoms. The Kier molecular flexibility index (Phi) is 6.76. The molecule has 4 nitrogen and oxygen atoms in total. The van der Waals surface area contributed by atoms with E-state index in [1.54, 1.807) is 11.8 Å². The Morgan fingerprint density at radius 1 is 1.17 bits per heavy atom. The molecule has 4 heteroatoms. The van der Waals surface area contributed by atoms with Crippen LogP contribution >= 0.6 is 0 Å². The van der Waals surface area contributed by atoms with E-state index in [-0.39, 0.29) is 18.4 Å². The first-order valence-electron chi connectivity index (χ1n) is 7.10. The Bertz CT molecular complexity index is 272. The molecular formula is C14H25NO3. The van der Waals surface area contributed by atoms with Gasteiger partial charge in [-0.3, -0.25) is 9.59 Å². The van der Waals surface area contributed by atoms with Gasteiger partial charge in [0.2, 0.25) is 5.91 Å². The van der Waals surface area contributed by atoms with Crippen molar-refractivity contribution in [3.8, 4) is 0 Å². The second-order valence-electron chi connectivity index (χ2n) is 4.92. The molecule has 0 aromatic heterocycles. The molecule has 1 amide bonds. The highest BCUT2D eigenvalue weighted by atomic mass is 16.5. The lowest BCUT2D eigenvalue weighted by molar-refractivity contribution is -0.149. The highest BCUT2D eigenvalue weighted by Gasteiger charge is 2.21. The summed E-state index contributed by atoms with van der Waals surface area (Å²) in [5.41, 5.74) is 0. The average Bonchev–Trinajstić information content (AvgIpc) is 2.37. The lowest BCUT2D eigenvalue weighted by Gasteiger charge is -2.25. The van der Waals surface area contributed by atoms with E-state index in [9.17, 15) is 9.59 Å². The van der Waals surface area contributed by atoms with Gasteiger partial charge in [0.1, 0.15) is 6.54 Å². The molecule has 1 aliphatic rings. The van der Waals surface area contributed by atoms with E-state index in [4.69, 9.17) is 4.74 Å². The number of rotatable bonds is 6. The molecule has 0 aliphatic heterocycles. The Hall–Kier alpha value is -1.06. The minimum absolute atomic E-state index is 0.0931. The van der Waals surface area contributed by atoms with Crippen molar-refractivity contribution >= 4 is 11.9 Å². The minimum atomic E-state index is -0.309. The third-order valence-corrected chi connectivity index (χ3v) is 3.55. The Labute approximate surface area is 110 Å². The highest BCUT2D eigenvalue weighted by Crippen LogP contribution is 2.26. The first-order chi connectivity index (χ1) is 8.67. The highest BCUT2D eigenvalue weighted by molar-refractivity contribution is 5.82. The number of esters is 1. The second-order valence-corrected chi connectivity index (χ2v) is 4.92. The lowest BCUT2D eigenvalue weighted by Crippen LogP contribution is -2.37. The van der Waals surface area contributed by atoms with Gasteiger partial charge in [0, 0.05) is 13.0 Å². The molecule has 1 fully saturated rings. The van der Waals surface area contributed by atoms with Crippen molar-refractivity contribution in [2.24, 2.45) is 5.92 Å². The van der Waals surface area contributed by atoms with E-state index < -0.39 is 0 Å². The summed E-state index contributed by atoms with van der Waals surface area (Å²) in [6, 6.07) is 0. The van der Waals surface area contributed by atoms with Crippen LogP contribution in [-0.4, -0.2) is 36.5 Å². The van der Waals surface area contributed by atoms with Gasteiger partial charge in [-0.1, -0.05) is 19.3 Å². The molecule has 0 bridgehead atoms. The van der Waals surface area contributed by atoms with Crippen LogP contribution in [0.2, 0.25) is 0 Å². The predicted molar refractivity (Wildman–Crippen MR) is 70.1 cm³/mol. The molecule has 0 aromatic rings. The summed E-state index contributed by atoms with van der Waals surface area (Å²) in [5, 5.41) is 0. The van der Waals surface area contributed by atoms with Crippen LogP contribution in [-0.2, 0) is 14.3 Å². The van der Waals surface area contributed by atoms with Crippen LogP contribution in [0.15, 0.2) is 0 Å². The van der Waals surface area contributed by atoms with Crippen molar-refractivity contribution in [3.05, 3.63) is 0 Å². The summed E-state index contributed by atoms with van der Waals surface area (Å²) in [6.07, 6.45) is 6.67. The maximum Gasteiger partial charge on any atom is 0.325 e. The number of carbonyl (C=O) groups excluding carboxylic acids is 2. The van der Waals surface area contributed by atoms with Crippen LogP contribution in [0, 0.1) is 5.92 Å². The van der Waals surface area contributed by atoms with Gasteiger partial charge in [-0.15, -0.1) is 0 Å². The van der Waals surface area contributed by atoms with Gasteiger partial charge in [0.25, 0.3) is 0 Å². The quantitative estimate of drug-likeness (QED) is 0.685. The number of nitrogens with zero attached hydrogens (tertiary/aromatic N) is 1. The summed E-state index contributed by atoms with van der Waals surface area (Å²) in [7, 11) is 0. The van der Waals surface area contributed by atoms with Crippen LogP contribution in [0.3, 0.4) is 0 Å². The smallest absolute Gasteiger partial charge is 0.325 e. The van der Waals surface area contributed by atoms with Crippen molar-refractivity contribution in [2.45, 2.75) is 52.4 Å². The van der Waals surface area contributed by atoms with E-state index in [2.05, 4.69) is 0 Å². The Balaban J connectivity index is 2.38. The molecule has 0 aromatic carbocycles. The minimum Gasteiger partial charge on any atom is -0.465 e. The standard InChI is InChI=1S/C14H25NO3/c1-3-15(11-14(17)18-4-2)13(16)10-12-8-6-5-7-9-12/h12H,3-11H2,1-2H3. The molecule has 0 saturated heterocycles. The molecule has 0 unspecified atom stereocenters. The zero-order valence-electron chi connectivity index (χ0n) is 11.6. The number of ether oxygens (including phenoxy) is 1. The average molecular weight is 255 g/mol. The first-order valence-corrected chi connectivity index (χ1v) is 7.10. The van der Waals surface area contributed by atoms with Crippen LogP contribution in [0.4, 0.5) is 0 Å². The summed E-state index contributed by atoms with van der Waals surface area (Å²) in [5.74, 6) is 0.302. The topological polar surface area (TPSA) is 46.6 Å². The molecule has 0 radical (unpaired) electrons. The van der Waals surface area contributed by atoms with E-state index in [1.807, 2.05) is 6.92 Å².